The minimum atomic E-state index is -1.24. The normalized spacial score (nSPS) is 21.4. The zero-order valence-corrected chi connectivity index (χ0v) is 16.5. The molecule has 2 heterocycles. The van der Waals surface area contributed by atoms with Crippen molar-refractivity contribution in [3.63, 3.8) is 0 Å². The van der Waals surface area contributed by atoms with E-state index in [-0.39, 0.29) is 17.9 Å². The molecule has 1 saturated heterocycles. The molecule has 0 aliphatic carbocycles. The van der Waals surface area contributed by atoms with Crippen LogP contribution < -0.4 is 5.43 Å². The summed E-state index contributed by atoms with van der Waals surface area (Å²) in [6, 6.07) is 18.6. The highest BCUT2D eigenvalue weighted by Gasteiger charge is 2.46. The first-order valence-electron chi connectivity index (χ1n) is 9.93. The molecule has 1 aliphatic rings. The molecule has 0 bridgehead atoms. The first kappa shape index (κ1) is 20.5. The zero-order chi connectivity index (χ0) is 20.8. The summed E-state index contributed by atoms with van der Waals surface area (Å²) in [7, 11) is 0. The molecule has 1 fully saturated rings. The standard InChI is InChI=1S/C24H23FO5/c25-20-10-8-19(9-11-20)24(30-17-22-15-21(26)12-14-27-22)23(7-4-13-29-24)28-16-18-5-2-1-3-6-18/h1-3,5-6,8-12,14-15,23H,4,7,13,16-17H2. The van der Waals surface area contributed by atoms with Crippen molar-refractivity contribution in [3.8, 4) is 0 Å². The minimum absolute atomic E-state index is 0.0126. The Morgan fingerprint density at radius 3 is 2.60 bits per heavy atom. The van der Waals surface area contributed by atoms with Crippen molar-refractivity contribution in [2.24, 2.45) is 0 Å². The summed E-state index contributed by atoms with van der Waals surface area (Å²) >= 11 is 0. The maximum absolute atomic E-state index is 13.6. The molecular formula is C24H23FO5. The molecule has 2 aromatic carbocycles. The van der Waals surface area contributed by atoms with Gasteiger partial charge in [0.25, 0.3) is 0 Å². The van der Waals surface area contributed by atoms with E-state index in [1.54, 1.807) is 12.1 Å². The van der Waals surface area contributed by atoms with Crippen LogP contribution in [0, 0.1) is 5.82 Å². The van der Waals surface area contributed by atoms with Crippen molar-refractivity contribution < 1.29 is 23.0 Å². The van der Waals surface area contributed by atoms with Gasteiger partial charge in [-0.2, -0.15) is 0 Å². The second kappa shape index (κ2) is 9.34. The van der Waals surface area contributed by atoms with Crippen molar-refractivity contribution in [1.82, 2.24) is 0 Å². The molecule has 0 spiro atoms. The second-order valence-corrected chi connectivity index (χ2v) is 7.17. The van der Waals surface area contributed by atoms with Gasteiger partial charge < -0.3 is 18.6 Å². The topological polar surface area (TPSA) is 57.9 Å². The van der Waals surface area contributed by atoms with Crippen LogP contribution in [0.5, 0.6) is 0 Å². The molecule has 2 unspecified atom stereocenters. The van der Waals surface area contributed by atoms with Gasteiger partial charge in [0.2, 0.25) is 5.79 Å². The fourth-order valence-electron chi connectivity index (χ4n) is 3.59. The quantitative estimate of drug-likeness (QED) is 0.572. The summed E-state index contributed by atoms with van der Waals surface area (Å²) in [4.78, 5) is 11.6. The van der Waals surface area contributed by atoms with Gasteiger partial charge in [0, 0.05) is 17.7 Å². The van der Waals surface area contributed by atoms with Gasteiger partial charge in [-0.25, -0.2) is 4.39 Å². The Balaban J connectivity index is 1.62. The summed E-state index contributed by atoms with van der Waals surface area (Å²) < 4.78 is 37.6. The first-order chi connectivity index (χ1) is 14.7. The second-order valence-electron chi connectivity index (χ2n) is 7.17. The lowest BCUT2D eigenvalue weighted by atomic mass is 9.93. The van der Waals surface area contributed by atoms with Gasteiger partial charge in [-0.3, -0.25) is 4.79 Å². The van der Waals surface area contributed by atoms with Crippen LogP contribution in [0.3, 0.4) is 0 Å². The predicted molar refractivity (Wildman–Crippen MR) is 108 cm³/mol. The van der Waals surface area contributed by atoms with Crippen molar-refractivity contribution in [3.05, 3.63) is 106 Å². The first-order valence-corrected chi connectivity index (χ1v) is 9.93. The van der Waals surface area contributed by atoms with Gasteiger partial charge in [-0.15, -0.1) is 0 Å². The van der Waals surface area contributed by atoms with E-state index >= 15 is 0 Å². The largest absolute Gasteiger partial charge is 0.467 e. The summed E-state index contributed by atoms with van der Waals surface area (Å²) in [5, 5.41) is 0. The summed E-state index contributed by atoms with van der Waals surface area (Å²) in [6.45, 7) is 0.877. The Morgan fingerprint density at radius 2 is 1.83 bits per heavy atom. The molecule has 3 aromatic rings. The molecule has 0 N–H and O–H groups in total. The Bertz CT molecular complexity index is 1000. The fraction of sp³-hybridized carbons (Fsp3) is 0.292. The van der Waals surface area contributed by atoms with Crippen LogP contribution in [0.2, 0.25) is 0 Å². The highest BCUT2D eigenvalue weighted by molar-refractivity contribution is 5.24. The third-order valence-electron chi connectivity index (χ3n) is 5.08. The average molecular weight is 410 g/mol. The SMILES string of the molecule is O=c1ccoc(COC2(c3ccc(F)cc3)OCCCC2OCc2ccccc2)c1. The highest BCUT2D eigenvalue weighted by Crippen LogP contribution is 2.40. The third kappa shape index (κ3) is 4.67. The maximum atomic E-state index is 13.6. The molecule has 0 radical (unpaired) electrons. The van der Waals surface area contributed by atoms with Gasteiger partial charge in [-0.05, 0) is 30.5 Å². The van der Waals surface area contributed by atoms with Gasteiger partial charge in [-0.1, -0.05) is 42.5 Å². The van der Waals surface area contributed by atoms with Gasteiger partial charge >= 0.3 is 0 Å². The number of hydrogen-bond acceptors (Lipinski definition) is 5. The van der Waals surface area contributed by atoms with Crippen LogP contribution >= 0.6 is 0 Å². The average Bonchev–Trinajstić information content (AvgIpc) is 2.78. The van der Waals surface area contributed by atoms with Gasteiger partial charge in [0.15, 0.2) is 5.43 Å². The van der Waals surface area contributed by atoms with E-state index in [4.69, 9.17) is 18.6 Å². The zero-order valence-electron chi connectivity index (χ0n) is 16.5. The molecule has 156 valence electrons. The Morgan fingerprint density at radius 1 is 1.03 bits per heavy atom. The Labute approximate surface area is 174 Å². The van der Waals surface area contributed by atoms with Crippen molar-refractivity contribution in [2.75, 3.05) is 6.61 Å². The molecule has 30 heavy (non-hydrogen) atoms. The molecule has 2 atom stereocenters. The predicted octanol–water partition coefficient (Wildman–Crippen LogP) is 4.54. The summed E-state index contributed by atoms with van der Waals surface area (Å²) in [6.07, 6.45) is 2.43. The number of halogens is 1. The van der Waals surface area contributed by atoms with Crippen LogP contribution in [-0.2, 0) is 33.2 Å². The molecule has 6 heteroatoms. The monoisotopic (exact) mass is 410 g/mol. The van der Waals surface area contributed by atoms with Crippen LogP contribution in [0.4, 0.5) is 4.39 Å². The van der Waals surface area contributed by atoms with E-state index in [0.29, 0.717) is 31.0 Å². The molecule has 1 aliphatic heterocycles. The van der Waals surface area contributed by atoms with E-state index < -0.39 is 11.9 Å². The minimum Gasteiger partial charge on any atom is -0.467 e. The van der Waals surface area contributed by atoms with Crippen LogP contribution in [-0.4, -0.2) is 12.7 Å². The Kier molecular flexibility index (Phi) is 6.38. The van der Waals surface area contributed by atoms with E-state index in [9.17, 15) is 9.18 Å². The maximum Gasteiger partial charge on any atom is 0.222 e. The fourth-order valence-corrected chi connectivity index (χ4v) is 3.59. The molecule has 1 aromatic heterocycles. The molecule has 0 saturated carbocycles. The van der Waals surface area contributed by atoms with E-state index in [0.717, 1.165) is 12.0 Å². The van der Waals surface area contributed by atoms with Gasteiger partial charge in [0.1, 0.15) is 24.3 Å². The molecular weight excluding hydrogens is 387 g/mol. The third-order valence-corrected chi connectivity index (χ3v) is 5.08. The molecule has 0 amide bonds. The smallest absolute Gasteiger partial charge is 0.222 e. The molecule has 4 rings (SSSR count). The van der Waals surface area contributed by atoms with Crippen molar-refractivity contribution in [1.29, 1.82) is 0 Å². The van der Waals surface area contributed by atoms with Crippen LogP contribution in [0.15, 0.2) is 82.2 Å². The lowest BCUT2D eigenvalue weighted by molar-refractivity contribution is -0.327. The number of rotatable bonds is 7. The number of benzene rings is 2. The van der Waals surface area contributed by atoms with Crippen molar-refractivity contribution >= 4 is 0 Å². The highest BCUT2D eigenvalue weighted by atomic mass is 19.1. The summed E-state index contributed by atoms with van der Waals surface area (Å²) in [5.74, 6) is -1.21. The van der Waals surface area contributed by atoms with Crippen LogP contribution in [0.25, 0.3) is 0 Å². The number of ether oxygens (including phenoxy) is 3. The molecule has 5 nitrogen and oxygen atoms in total. The Hall–Kier alpha value is -2.80. The van der Waals surface area contributed by atoms with Crippen LogP contribution in [0.1, 0.15) is 29.7 Å². The number of hydrogen-bond donors (Lipinski definition) is 0. The lowest BCUT2D eigenvalue weighted by Gasteiger charge is -2.43. The lowest BCUT2D eigenvalue weighted by Crippen LogP contribution is -2.49. The van der Waals surface area contributed by atoms with E-state index in [1.807, 2.05) is 30.3 Å². The van der Waals surface area contributed by atoms with Gasteiger partial charge in [0.05, 0.1) is 19.5 Å². The van der Waals surface area contributed by atoms with E-state index in [2.05, 4.69) is 0 Å². The van der Waals surface area contributed by atoms with E-state index in [1.165, 1.54) is 30.5 Å². The van der Waals surface area contributed by atoms with Crippen molar-refractivity contribution in [2.45, 2.75) is 37.9 Å². The summed E-state index contributed by atoms with van der Waals surface area (Å²) in [5.41, 5.74) is 1.52.